The molecule has 0 heterocycles. The Bertz CT molecular complexity index is 227. The van der Waals surface area contributed by atoms with Gasteiger partial charge in [0.1, 0.15) is 0 Å². The highest BCUT2D eigenvalue weighted by atomic mass is 16.6. The summed E-state index contributed by atoms with van der Waals surface area (Å²) >= 11 is 0. The van der Waals surface area contributed by atoms with E-state index in [1.165, 1.54) is 4.90 Å². The molecule has 80 valence electrons. The first-order valence-electron chi connectivity index (χ1n) is 5.09. The molecule has 0 aromatic carbocycles. The van der Waals surface area contributed by atoms with Gasteiger partial charge in [0.25, 0.3) is 0 Å². The van der Waals surface area contributed by atoms with Gasteiger partial charge in [-0.2, -0.15) is 0 Å². The smallest absolute Gasteiger partial charge is 0.410 e. The third-order valence-corrected chi connectivity index (χ3v) is 2.53. The van der Waals surface area contributed by atoms with Crippen LogP contribution in [0.3, 0.4) is 0 Å². The van der Waals surface area contributed by atoms with Crippen molar-refractivity contribution in [2.45, 2.75) is 38.7 Å². The van der Waals surface area contributed by atoms with Crippen molar-refractivity contribution in [2.24, 2.45) is 0 Å². The van der Waals surface area contributed by atoms with E-state index in [0.717, 1.165) is 12.8 Å². The molecule has 0 bridgehead atoms. The highest BCUT2D eigenvalue weighted by molar-refractivity contribution is 5.85. The number of carbonyl (C=O) groups is 2. The Hall–Kier alpha value is -1.06. The summed E-state index contributed by atoms with van der Waals surface area (Å²) < 4.78 is 5.09. The summed E-state index contributed by atoms with van der Waals surface area (Å²) in [5.74, 6) is 0.0640. The summed E-state index contributed by atoms with van der Waals surface area (Å²) in [4.78, 5) is 24.1. The lowest BCUT2D eigenvalue weighted by Crippen LogP contribution is -2.36. The van der Waals surface area contributed by atoms with Gasteiger partial charge >= 0.3 is 6.09 Å². The van der Waals surface area contributed by atoms with Crippen LogP contribution < -0.4 is 0 Å². The van der Waals surface area contributed by atoms with Crippen LogP contribution in [0.1, 0.15) is 32.6 Å². The van der Waals surface area contributed by atoms with E-state index in [1.807, 2.05) is 6.92 Å². The Balaban J connectivity index is 2.42. The number of ketones is 1. The molecular weight excluding hydrogens is 182 g/mol. The number of amides is 1. The Morgan fingerprint density at radius 3 is 2.86 bits per heavy atom. The van der Waals surface area contributed by atoms with E-state index >= 15 is 0 Å². The van der Waals surface area contributed by atoms with Crippen LogP contribution in [-0.2, 0) is 9.53 Å². The first kappa shape index (κ1) is 11.0. The number of rotatable bonds is 2. The average molecular weight is 199 g/mol. The van der Waals surface area contributed by atoms with Crippen molar-refractivity contribution >= 4 is 11.9 Å². The summed E-state index contributed by atoms with van der Waals surface area (Å²) in [7, 11) is 1.66. The lowest BCUT2D eigenvalue weighted by atomic mass is 9.96. The molecule has 1 fully saturated rings. The summed E-state index contributed by atoms with van der Waals surface area (Å²) in [5, 5.41) is 0. The Morgan fingerprint density at radius 2 is 2.29 bits per heavy atom. The van der Waals surface area contributed by atoms with Crippen molar-refractivity contribution in [1.82, 2.24) is 4.90 Å². The number of nitrogens with zero attached hydrogens (tertiary/aromatic N) is 1. The van der Waals surface area contributed by atoms with Gasteiger partial charge in [0, 0.05) is 20.0 Å². The van der Waals surface area contributed by atoms with E-state index in [2.05, 4.69) is 0 Å². The maximum absolute atomic E-state index is 11.3. The third-order valence-electron chi connectivity index (χ3n) is 2.53. The molecule has 4 heteroatoms. The van der Waals surface area contributed by atoms with Gasteiger partial charge in [0.05, 0.1) is 0 Å². The topological polar surface area (TPSA) is 46.6 Å². The van der Waals surface area contributed by atoms with Gasteiger partial charge in [-0.3, -0.25) is 4.79 Å². The number of Topliss-reactive ketones (excluding diaryl/α,β-unsaturated/α-hetero) is 1. The predicted octanol–water partition coefficient (Wildman–Crippen LogP) is 1.59. The molecule has 1 rings (SSSR count). The highest BCUT2D eigenvalue weighted by Gasteiger charge is 2.26. The first-order valence-corrected chi connectivity index (χ1v) is 5.09. The molecule has 1 unspecified atom stereocenters. The van der Waals surface area contributed by atoms with E-state index in [1.54, 1.807) is 7.05 Å². The number of carbonyl (C=O) groups excluding carboxylic acids is 2. The summed E-state index contributed by atoms with van der Waals surface area (Å²) in [6, 6.07) is 0. The molecule has 1 aliphatic carbocycles. The Labute approximate surface area is 84.2 Å². The fraction of sp³-hybridized carbons (Fsp3) is 0.800. The molecule has 0 aromatic rings. The Kier molecular flexibility index (Phi) is 3.92. The lowest BCUT2D eigenvalue weighted by Gasteiger charge is -2.23. The van der Waals surface area contributed by atoms with Crippen LogP contribution in [-0.4, -0.2) is 36.5 Å². The van der Waals surface area contributed by atoms with Crippen LogP contribution in [0.25, 0.3) is 0 Å². The van der Waals surface area contributed by atoms with Crippen LogP contribution in [0.4, 0.5) is 4.79 Å². The molecule has 0 aromatic heterocycles. The zero-order valence-electron chi connectivity index (χ0n) is 8.78. The standard InChI is InChI=1S/C10H17NO3/c1-3-11(2)10(13)14-9-7-5-4-6-8(9)12/h9H,3-7H2,1-2H3. The van der Waals surface area contributed by atoms with Gasteiger partial charge in [-0.05, 0) is 26.2 Å². The molecule has 1 aliphatic rings. The zero-order valence-corrected chi connectivity index (χ0v) is 8.78. The van der Waals surface area contributed by atoms with Crippen molar-refractivity contribution in [1.29, 1.82) is 0 Å². The van der Waals surface area contributed by atoms with Gasteiger partial charge in [-0.15, -0.1) is 0 Å². The maximum atomic E-state index is 11.3. The van der Waals surface area contributed by atoms with Crippen LogP contribution in [0.2, 0.25) is 0 Å². The monoisotopic (exact) mass is 199 g/mol. The molecule has 0 saturated heterocycles. The van der Waals surface area contributed by atoms with Crippen molar-refractivity contribution in [3.63, 3.8) is 0 Å². The van der Waals surface area contributed by atoms with Gasteiger partial charge in [0.2, 0.25) is 0 Å². The molecule has 1 saturated carbocycles. The molecular formula is C10H17NO3. The largest absolute Gasteiger partial charge is 0.438 e. The van der Waals surface area contributed by atoms with Crippen molar-refractivity contribution < 1.29 is 14.3 Å². The van der Waals surface area contributed by atoms with Crippen LogP contribution in [0.5, 0.6) is 0 Å². The van der Waals surface area contributed by atoms with Gasteiger partial charge in [-0.25, -0.2) is 4.79 Å². The van der Waals surface area contributed by atoms with Crippen LogP contribution in [0.15, 0.2) is 0 Å². The second-order valence-corrected chi connectivity index (χ2v) is 3.60. The SMILES string of the molecule is CCN(C)C(=O)OC1CCCCC1=O. The highest BCUT2D eigenvalue weighted by Crippen LogP contribution is 2.17. The minimum atomic E-state index is -0.495. The molecule has 0 radical (unpaired) electrons. The average Bonchev–Trinajstić information content (AvgIpc) is 2.20. The second-order valence-electron chi connectivity index (χ2n) is 3.60. The number of hydrogen-bond acceptors (Lipinski definition) is 3. The maximum Gasteiger partial charge on any atom is 0.410 e. The van der Waals surface area contributed by atoms with Crippen molar-refractivity contribution in [3.05, 3.63) is 0 Å². The predicted molar refractivity (Wildman–Crippen MR) is 52.0 cm³/mol. The van der Waals surface area contributed by atoms with E-state index in [9.17, 15) is 9.59 Å². The third kappa shape index (κ3) is 2.72. The molecule has 4 nitrogen and oxygen atoms in total. The van der Waals surface area contributed by atoms with E-state index in [4.69, 9.17) is 4.74 Å². The van der Waals surface area contributed by atoms with Crippen LogP contribution in [0, 0.1) is 0 Å². The molecule has 0 N–H and O–H groups in total. The first-order chi connectivity index (χ1) is 6.65. The summed E-state index contributed by atoms with van der Waals surface area (Å²) in [5.41, 5.74) is 0. The summed E-state index contributed by atoms with van der Waals surface area (Å²) in [6.45, 7) is 2.46. The van der Waals surface area contributed by atoms with Crippen molar-refractivity contribution in [2.75, 3.05) is 13.6 Å². The fourth-order valence-corrected chi connectivity index (χ4v) is 1.42. The van der Waals surface area contributed by atoms with E-state index in [0.29, 0.717) is 19.4 Å². The molecule has 0 spiro atoms. The number of ether oxygens (including phenoxy) is 1. The van der Waals surface area contributed by atoms with Gasteiger partial charge in [0.15, 0.2) is 11.9 Å². The van der Waals surface area contributed by atoms with Crippen LogP contribution >= 0.6 is 0 Å². The normalized spacial score (nSPS) is 21.9. The van der Waals surface area contributed by atoms with E-state index in [-0.39, 0.29) is 5.78 Å². The second kappa shape index (κ2) is 4.98. The zero-order chi connectivity index (χ0) is 10.6. The van der Waals surface area contributed by atoms with E-state index < -0.39 is 12.2 Å². The fourth-order valence-electron chi connectivity index (χ4n) is 1.42. The minimum Gasteiger partial charge on any atom is -0.438 e. The summed E-state index contributed by atoms with van der Waals surface area (Å²) in [6.07, 6.45) is 2.24. The van der Waals surface area contributed by atoms with Gasteiger partial charge in [-0.1, -0.05) is 0 Å². The quantitative estimate of drug-likeness (QED) is 0.678. The molecule has 1 amide bonds. The number of hydrogen-bond donors (Lipinski definition) is 0. The Morgan fingerprint density at radius 1 is 1.57 bits per heavy atom. The molecule has 0 aliphatic heterocycles. The van der Waals surface area contributed by atoms with Crippen molar-refractivity contribution in [3.8, 4) is 0 Å². The molecule has 1 atom stereocenters. The lowest BCUT2D eigenvalue weighted by molar-refractivity contribution is -0.130. The van der Waals surface area contributed by atoms with Gasteiger partial charge < -0.3 is 9.64 Å². The minimum absolute atomic E-state index is 0.0640. The molecule has 14 heavy (non-hydrogen) atoms.